The molecule has 0 fully saturated rings. The van der Waals surface area contributed by atoms with Gasteiger partial charge in [-0.25, -0.2) is 0 Å². The molecule has 0 atom stereocenters. The zero-order valence-electron chi connectivity index (χ0n) is 13.0. The van der Waals surface area contributed by atoms with Crippen molar-refractivity contribution in [1.82, 2.24) is 10.2 Å². The van der Waals surface area contributed by atoms with E-state index in [0.29, 0.717) is 0 Å². The Kier molecular flexibility index (Phi) is 8.68. The number of aliphatic imine (C=N–C) groups is 1. The van der Waals surface area contributed by atoms with Crippen LogP contribution in [0.15, 0.2) is 29.3 Å². The van der Waals surface area contributed by atoms with Crippen molar-refractivity contribution in [3.8, 4) is 0 Å². The molecule has 2 rings (SSSR count). The number of fused-ring (bicyclic) bond motifs is 1. The molecule has 1 aliphatic heterocycles. The Labute approximate surface area is 145 Å². The fourth-order valence-electron chi connectivity index (χ4n) is 2.53. The van der Waals surface area contributed by atoms with Gasteiger partial charge < -0.3 is 15.0 Å². The van der Waals surface area contributed by atoms with Crippen LogP contribution in [-0.2, 0) is 17.7 Å². The number of hydrogen-bond acceptors (Lipinski definition) is 2. The van der Waals surface area contributed by atoms with Gasteiger partial charge in [-0.2, -0.15) is 0 Å². The predicted molar refractivity (Wildman–Crippen MR) is 98.4 cm³/mol. The van der Waals surface area contributed by atoms with Crippen LogP contribution in [-0.4, -0.2) is 44.2 Å². The lowest BCUT2D eigenvalue weighted by Crippen LogP contribution is -2.44. The van der Waals surface area contributed by atoms with Gasteiger partial charge in [0.25, 0.3) is 0 Å². The summed E-state index contributed by atoms with van der Waals surface area (Å²) in [6, 6.07) is 8.67. The topological polar surface area (TPSA) is 36.9 Å². The van der Waals surface area contributed by atoms with Crippen molar-refractivity contribution in [1.29, 1.82) is 0 Å². The number of benzene rings is 1. The lowest BCUT2D eigenvalue weighted by Gasteiger charge is -2.31. The smallest absolute Gasteiger partial charge is 0.193 e. The van der Waals surface area contributed by atoms with Gasteiger partial charge in [0.2, 0.25) is 0 Å². The summed E-state index contributed by atoms with van der Waals surface area (Å²) in [6.45, 7) is 6.51. The molecule has 0 radical (unpaired) electrons. The molecule has 1 N–H and O–H groups in total. The van der Waals surface area contributed by atoms with Crippen LogP contribution in [0.4, 0.5) is 0 Å². The monoisotopic (exact) mass is 403 g/mol. The predicted octanol–water partition coefficient (Wildman–Crippen LogP) is 2.66. The number of guanidine groups is 1. The molecule has 1 aromatic carbocycles. The van der Waals surface area contributed by atoms with Crippen LogP contribution in [0, 0.1) is 0 Å². The number of ether oxygens (including phenoxy) is 1. The van der Waals surface area contributed by atoms with Crippen molar-refractivity contribution in [2.24, 2.45) is 4.99 Å². The minimum absolute atomic E-state index is 0. The van der Waals surface area contributed by atoms with E-state index in [1.54, 1.807) is 0 Å². The third-order valence-corrected chi connectivity index (χ3v) is 3.59. The van der Waals surface area contributed by atoms with E-state index in [1.807, 2.05) is 14.0 Å². The van der Waals surface area contributed by atoms with Gasteiger partial charge in [0.1, 0.15) is 0 Å². The molecule has 5 heteroatoms. The van der Waals surface area contributed by atoms with Gasteiger partial charge in [0.15, 0.2) is 5.96 Å². The molecular weight excluding hydrogens is 377 g/mol. The van der Waals surface area contributed by atoms with Crippen LogP contribution in [0.3, 0.4) is 0 Å². The van der Waals surface area contributed by atoms with E-state index >= 15 is 0 Å². The first-order valence-corrected chi connectivity index (χ1v) is 7.45. The van der Waals surface area contributed by atoms with Gasteiger partial charge in [-0.15, -0.1) is 24.0 Å². The van der Waals surface area contributed by atoms with Gasteiger partial charge in [-0.05, 0) is 30.9 Å². The summed E-state index contributed by atoms with van der Waals surface area (Å²) in [6.07, 6.45) is 2.10. The van der Waals surface area contributed by atoms with Gasteiger partial charge in [0.05, 0.1) is 0 Å². The summed E-state index contributed by atoms with van der Waals surface area (Å²) < 4.78 is 5.35. The molecule has 118 valence electrons. The summed E-state index contributed by atoms with van der Waals surface area (Å²) in [4.78, 5) is 6.72. The molecule has 1 heterocycles. The Morgan fingerprint density at radius 1 is 1.33 bits per heavy atom. The Balaban J connectivity index is 0.00000220. The minimum atomic E-state index is 0. The van der Waals surface area contributed by atoms with Gasteiger partial charge in [-0.1, -0.05) is 24.3 Å². The number of halogens is 1. The highest BCUT2D eigenvalue weighted by atomic mass is 127. The molecular formula is C16H26IN3O. The molecule has 0 aliphatic carbocycles. The molecule has 0 aromatic heterocycles. The maximum absolute atomic E-state index is 5.35. The van der Waals surface area contributed by atoms with Crippen molar-refractivity contribution < 1.29 is 4.74 Å². The van der Waals surface area contributed by atoms with Crippen LogP contribution in [0.25, 0.3) is 0 Å². The zero-order chi connectivity index (χ0) is 14.2. The highest BCUT2D eigenvalue weighted by Crippen LogP contribution is 2.18. The maximum Gasteiger partial charge on any atom is 0.193 e. The number of hydrogen-bond donors (Lipinski definition) is 1. The second-order valence-corrected chi connectivity index (χ2v) is 4.96. The van der Waals surface area contributed by atoms with E-state index in [1.165, 1.54) is 11.1 Å². The first-order valence-electron chi connectivity index (χ1n) is 7.45. The SMILES string of the molecule is CCOCCCNC(=NC)N1CCc2ccccc2C1.I. The van der Waals surface area contributed by atoms with Gasteiger partial charge >= 0.3 is 0 Å². The molecule has 0 saturated carbocycles. The Hall–Kier alpha value is -0.820. The highest BCUT2D eigenvalue weighted by molar-refractivity contribution is 14.0. The minimum Gasteiger partial charge on any atom is -0.382 e. The number of rotatable bonds is 5. The summed E-state index contributed by atoms with van der Waals surface area (Å²) in [5.41, 5.74) is 2.88. The second-order valence-electron chi connectivity index (χ2n) is 4.96. The van der Waals surface area contributed by atoms with E-state index < -0.39 is 0 Å². The van der Waals surface area contributed by atoms with E-state index in [9.17, 15) is 0 Å². The van der Waals surface area contributed by atoms with Gasteiger partial charge in [-0.3, -0.25) is 4.99 Å². The highest BCUT2D eigenvalue weighted by Gasteiger charge is 2.18. The molecule has 4 nitrogen and oxygen atoms in total. The summed E-state index contributed by atoms with van der Waals surface area (Å²) in [7, 11) is 1.85. The van der Waals surface area contributed by atoms with Crippen molar-refractivity contribution in [3.63, 3.8) is 0 Å². The molecule has 0 spiro atoms. The second kappa shape index (κ2) is 10.00. The zero-order valence-corrected chi connectivity index (χ0v) is 15.3. The molecule has 21 heavy (non-hydrogen) atoms. The Morgan fingerprint density at radius 3 is 2.81 bits per heavy atom. The van der Waals surface area contributed by atoms with Crippen molar-refractivity contribution in [3.05, 3.63) is 35.4 Å². The van der Waals surface area contributed by atoms with Crippen LogP contribution in [0.2, 0.25) is 0 Å². The van der Waals surface area contributed by atoms with Crippen molar-refractivity contribution >= 4 is 29.9 Å². The Morgan fingerprint density at radius 2 is 2.10 bits per heavy atom. The Bertz CT molecular complexity index is 451. The average Bonchev–Trinajstić information content (AvgIpc) is 2.50. The molecule has 0 saturated heterocycles. The largest absolute Gasteiger partial charge is 0.382 e. The van der Waals surface area contributed by atoms with Crippen molar-refractivity contribution in [2.45, 2.75) is 26.3 Å². The standard InChI is InChI=1S/C16H25N3O.HI/c1-3-20-12-6-10-18-16(17-2)19-11-9-14-7-4-5-8-15(14)13-19;/h4-5,7-8H,3,6,9-13H2,1-2H3,(H,17,18);1H. The maximum atomic E-state index is 5.35. The van der Waals surface area contributed by atoms with E-state index in [0.717, 1.165) is 51.6 Å². The molecule has 0 unspecified atom stereocenters. The van der Waals surface area contributed by atoms with E-state index in [2.05, 4.69) is 39.5 Å². The molecule has 1 aliphatic rings. The summed E-state index contributed by atoms with van der Waals surface area (Å²) >= 11 is 0. The fraction of sp³-hybridized carbons (Fsp3) is 0.562. The van der Waals surface area contributed by atoms with E-state index in [-0.39, 0.29) is 24.0 Å². The fourth-order valence-corrected chi connectivity index (χ4v) is 2.53. The lowest BCUT2D eigenvalue weighted by molar-refractivity contribution is 0.145. The van der Waals surface area contributed by atoms with Crippen LogP contribution in [0.5, 0.6) is 0 Å². The first kappa shape index (κ1) is 18.2. The quantitative estimate of drug-likeness (QED) is 0.356. The molecule has 1 aromatic rings. The van der Waals surface area contributed by atoms with E-state index in [4.69, 9.17) is 4.74 Å². The first-order chi connectivity index (χ1) is 9.85. The van der Waals surface area contributed by atoms with Crippen LogP contribution in [0.1, 0.15) is 24.5 Å². The number of nitrogens with zero attached hydrogens (tertiary/aromatic N) is 2. The van der Waals surface area contributed by atoms with Gasteiger partial charge in [0, 0.05) is 39.9 Å². The lowest BCUT2D eigenvalue weighted by atomic mass is 10.0. The third-order valence-electron chi connectivity index (χ3n) is 3.59. The summed E-state index contributed by atoms with van der Waals surface area (Å²) in [5.74, 6) is 0.996. The molecule has 0 bridgehead atoms. The average molecular weight is 403 g/mol. The summed E-state index contributed by atoms with van der Waals surface area (Å²) in [5, 5.41) is 3.42. The van der Waals surface area contributed by atoms with Crippen LogP contribution >= 0.6 is 24.0 Å². The number of nitrogens with one attached hydrogen (secondary N) is 1. The normalized spacial score (nSPS) is 14.4. The van der Waals surface area contributed by atoms with Crippen molar-refractivity contribution in [2.75, 3.05) is 33.4 Å². The van der Waals surface area contributed by atoms with Crippen LogP contribution < -0.4 is 5.32 Å². The molecule has 0 amide bonds. The third kappa shape index (κ3) is 5.47.